The average Bonchev–Trinajstić information content (AvgIpc) is 3.07. The van der Waals surface area contributed by atoms with E-state index in [2.05, 4.69) is 104 Å². The van der Waals surface area contributed by atoms with Crippen LogP contribution in [0.3, 0.4) is 0 Å². The van der Waals surface area contributed by atoms with Gasteiger partial charge in [-0.3, -0.25) is 0 Å². The van der Waals surface area contributed by atoms with Crippen LogP contribution in [0.5, 0.6) is 0 Å². The second-order valence-corrected chi connectivity index (χ2v) is 22.9. The molecule has 2 aromatic carbocycles. The highest BCUT2D eigenvalue weighted by molar-refractivity contribution is 6.73. The largest absolute Gasteiger partial charge is 0.391 e. The van der Waals surface area contributed by atoms with E-state index in [9.17, 15) is 0 Å². The molecule has 282 valence electrons. The molecule has 5 heterocycles. The number of ether oxygens (including phenoxy) is 6. The third kappa shape index (κ3) is 7.54. The summed E-state index contributed by atoms with van der Waals surface area (Å²) in [6, 6.07) is 20.8. The summed E-state index contributed by atoms with van der Waals surface area (Å²) in [7, 11) is -2.62. The first kappa shape index (κ1) is 37.6. The van der Waals surface area contributed by atoms with E-state index in [1.54, 1.807) is 0 Å². The van der Waals surface area contributed by atoms with Gasteiger partial charge < -0.3 is 37.3 Å². The first-order chi connectivity index (χ1) is 24.2. The summed E-state index contributed by atoms with van der Waals surface area (Å²) < 4.78 is 54.8. The first-order valence-electron chi connectivity index (χ1n) is 19.4. The van der Waals surface area contributed by atoms with Gasteiger partial charge in [-0.05, 0) is 37.8 Å². The molecule has 0 aromatic heterocycles. The average molecular weight is 723 g/mol. The molecule has 7 rings (SSSR count). The molecule has 51 heavy (non-hydrogen) atoms. The minimum atomic E-state index is -2.62. The Morgan fingerprint density at radius 2 is 1.39 bits per heavy atom. The van der Waals surface area contributed by atoms with Gasteiger partial charge in [0.25, 0.3) is 0 Å². The fourth-order valence-electron chi connectivity index (χ4n) is 9.77. The van der Waals surface area contributed by atoms with Gasteiger partial charge >= 0.3 is 8.56 Å². The number of fused-ring (bicyclic) bond motifs is 4. The van der Waals surface area contributed by atoms with Crippen LogP contribution in [0, 0.1) is 0 Å². The maximum absolute atomic E-state index is 7.28. The zero-order valence-corrected chi connectivity index (χ0v) is 33.2. The second-order valence-electron chi connectivity index (χ2n) is 18.2. The van der Waals surface area contributed by atoms with Crippen LogP contribution < -0.4 is 0 Å². The Bertz CT molecular complexity index is 1430. The van der Waals surface area contributed by atoms with Crippen molar-refractivity contribution in [3.05, 3.63) is 71.8 Å². The lowest BCUT2D eigenvalue weighted by atomic mass is 9.72. The van der Waals surface area contributed by atoms with Crippen molar-refractivity contribution in [2.75, 3.05) is 13.2 Å². The Kier molecular flexibility index (Phi) is 10.7. The van der Waals surface area contributed by atoms with Gasteiger partial charge in [-0.1, -0.05) is 102 Å². The summed E-state index contributed by atoms with van der Waals surface area (Å²) >= 11 is 0. The van der Waals surface area contributed by atoms with Crippen molar-refractivity contribution in [3.63, 3.8) is 0 Å². The molecule has 0 saturated carbocycles. The molecule has 0 aliphatic carbocycles. The monoisotopic (exact) mass is 722 g/mol. The van der Waals surface area contributed by atoms with E-state index in [-0.39, 0.29) is 58.9 Å². The van der Waals surface area contributed by atoms with Crippen molar-refractivity contribution >= 4 is 8.56 Å². The van der Waals surface area contributed by atoms with E-state index < -0.39 is 19.8 Å². The molecule has 10 atom stereocenters. The summed E-state index contributed by atoms with van der Waals surface area (Å²) in [5.74, 6) is 0. The third-order valence-corrected chi connectivity index (χ3v) is 17.4. The lowest BCUT2D eigenvalue weighted by Gasteiger charge is -2.62. The quantitative estimate of drug-likeness (QED) is 0.189. The standard InChI is InChI=1S/C42H62O8Si/c1-39(2,3)51(40(4,5)6)45-28-35-33(49-51)23-32-34(47-35)25-41(7)36(48-32)24-38-42(8,50-41)37(44-27-30-18-13-10-14-19-30)22-31(46-38)20-15-21-43-26-29-16-11-9-12-17-29/h9-14,16-19,31-38H,15,20-28H2,1-8H3/t31-,32+,33-,34-,35+,36-,37-,38+,41+,42-/m0/s1. The maximum Gasteiger partial charge on any atom is 0.349 e. The molecule has 0 unspecified atom stereocenters. The van der Waals surface area contributed by atoms with Crippen molar-refractivity contribution in [2.24, 2.45) is 0 Å². The zero-order valence-electron chi connectivity index (χ0n) is 32.2. The van der Waals surface area contributed by atoms with Crippen LogP contribution in [0.1, 0.15) is 105 Å². The van der Waals surface area contributed by atoms with E-state index >= 15 is 0 Å². The van der Waals surface area contributed by atoms with E-state index in [0.717, 1.165) is 44.1 Å². The van der Waals surface area contributed by atoms with Crippen LogP contribution in [0.2, 0.25) is 10.1 Å². The van der Waals surface area contributed by atoms with Gasteiger partial charge in [0, 0.05) is 42.4 Å². The molecular weight excluding hydrogens is 661 g/mol. The molecule has 0 amide bonds. The number of benzene rings is 2. The highest BCUT2D eigenvalue weighted by Gasteiger charge is 2.66. The molecule has 8 nitrogen and oxygen atoms in total. The molecule has 9 heteroatoms. The molecule has 0 spiro atoms. The zero-order chi connectivity index (χ0) is 36.1. The SMILES string of the molecule is CC(C)(C)[Si]1(C(C)(C)C)OC[C@H]2O[C@H]3C[C@@]4(C)O[C@@]5(C)[C@@H](OCc6ccccc6)C[C@H](CCCOCc6ccccc6)O[C@@H]5C[C@@H]4O[C@@H]3C[C@@H]2O1. The molecule has 0 N–H and O–H groups in total. The Morgan fingerprint density at radius 1 is 0.725 bits per heavy atom. The smallest absolute Gasteiger partial charge is 0.349 e. The third-order valence-electron chi connectivity index (χ3n) is 12.2. The summed E-state index contributed by atoms with van der Waals surface area (Å²) in [6.45, 7) is 20.4. The molecule has 0 bridgehead atoms. The molecule has 2 aromatic rings. The van der Waals surface area contributed by atoms with Crippen LogP contribution in [0.15, 0.2) is 60.7 Å². The molecule has 5 saturated heterocycles. The first-order valence-corrected chi connectivity index (χ1v) is 21.3. The van der Waals surface area contributed by atoms with Gasteiger partial charge in [-0.15, -0.1) is 0 Å². The van der Waals surface area contributed by atoms with Gasteiger partial charge in [0.1, 0.15) is 11.7 Å². The van der Waals surface area contributed by atoms with Crippen molar-refractivity contribution < 1.29 is 37.3 Å². The topological polar surface area (TPSA) is 73.8 Å². The van der Waals surface area contributed by atoms with Gasteiger partial charge in [-0.2, -0.15) is 0 Å². The molecular formula is C42H62O8Si. The van der Waals surface area contributed by atoms with Gasteiger partial charge in [-0.25, -0.2) is 0 Å². The van der Waals surface area contributed by atoms with E-state index in [0.29, 0.717) is 26.4 Å². The number of hydrogen-bond acceptors (Lipinski definition) is 8. The minimum absolute atomic E-state index is 0.0422. The second kappa shape index (κ2) is 14.5. The highest BCUT2D eigenvalue weighted by atomic mass is 28.4. The van der Waals surface area contributed by atoms with Crippen molar-refractivity contribution in [1.82, 2.24) is 0 Å². The fourth-order valence-corrected chi connectivity index (χ4v) is 14.7. The van der Waals surface area contributed by atoms with Crippen molar-refractivity contribution in [3.8, 4) is 0 Å². The van der Waals surface area contributed by atoms with Gasteiger partial charge in [0.05, 0.1) is 68.1 Å². The van der Waals surface area contributed by atoms with E-state index in [4.69, 9.17) is 37.3 Å². The normalized spacial score (nSPS) is 37.8. The fraction of sp³-hybridized carbons (Fsp3) is 0.714. The summed E-state index contributed by atoms with van der Waals surface area (Å²) in [5.41, 5.74) is 1.18. The Labute approximate surface area is 307 Å². The number of hydrogen-bond donors (Lipinski definition) is 0. The minimum Gasteiger partial charge on any atom is -0.391 e. The van der Waals surface area contributed by atoms with Crippen LogP contribution in [0.4, 0.5) is 0 Å². The summed E-state index contributed by atoms with van der Waals surface area (Å²) in [6.07, 6.45) is 4.26. The summed E-state index contributed by atoms with van der Waals surface area (Å²) in [5, 5.41) is -0.161. The van der Waals surface area contributed by atoms with Crippen LogP contribution in [0.25, 0.3) is 0 Å². The van der Waals surface area contributed by atoms with Crippen LogP contribution >= 0.6 is 0 Å². The lowest BCUT2D eigenvalue weighted by Crippen LogP contribution is -2.73. The highest BCUT2D eigenvalue weighted by Crippen LogP contribution is 2.57. The van der Waals surface area contributed by atoms with Crippen LogP contribution in [-0.2, 0) is 50.5 Å². The van der Waals surface area contributed by atoms with E-state index in [1.165, 1.54) is 5.56 Å². The maximum atomic E-state index is 7.28. The molecule has 5 aliphatic heterocycles. The predicted molar refractivity (Wildman–Crippen MR) is 199 cm³/mol. The molecule has 5 fully saturated rings. The summed E-state index contributed by atoms with van der Waals surface area (Å²) in [4.78, 5) is 0. The predicted octanol–water partition coefficient (Wildman–Crippen LogP) is 8.44. The molecule has 5 aliphatic rings. The Balaban J connectivity index is 1.04. The van der Waals surface area contributed by atoms with Crippen molar-refractivity contribution in [2.45, 2.75) is 177 Å². The van der Waals surface area contributed by atoms with E-state index in [1.807, 2.05) is 12.1 Å². The molecule has 0 radical (unpaired) electrons. The van der Waals surface area contributed by atoms with Crippen molar-refractivity contribution in [1.29, 1.82) is 0 Å². The van der Waals surface area contributed by atoms with Crippen LogP contribution in [-0.4, -0.2) is 81.8 Å². The Hall–Kier alpha value is -1.66. The van der Waals surface area contributed by atoms with Gasteiger partial charge in [0.15, 0.2) is 0 Å². The van der Waals surface area contributed by atoms with Gasteiger partial charge in [0.2, 0.25) is 0 Å². The lowest BCUT2D eigenvalue weighted by molar-refractivity contribution is -0.371. The number of rotatable bonds is 9. The Morgan fingerprint density at radius 3 is 2.06 bits per heavy atom.